The molecule has 1 atom stereocenters. The lowest BCUT2D eigenvalue weighted by atomic mass is 10.3. The average molecular weight is 291 g/mol. The quantitative estimate of drug-likeness (QED) is 0.825. The molecule has 0 saturated heterocycles. The van der Waals surface area contributed by atoms with Gasteiger partial charge in [-0.05, 0) is 19.4 Å². The van der Waals surface area contributed by atoms with Gasteiger partial charge in [0.2, 0.25) is 0 Å². The maximum Gasteiger partial charge on any atom is 0.330 e. The molecule has 1 N–H and O–H groups in total. The number of aromatic nitrogens is 4. The van der Waals surface area contributed by atoms with Gasteiger partial charge in [-0.2, -0.15) is 5.10 Å². The summed E-state index contributed by atoms with van der Waals surface area (Å²) in [6, 6.07) is 1.66. The second kappa shape index (κ2) is 6.09. The van der Waals surface area contributed by atoms with Crippen LogP contribution in [0.2, 0.25) is 0 Å². The highest BCUT2D eigenvalue weighted by Crippen LogP contribution is 1.98. The molecule has 0 aliphatic rings. The average Bonchev–Trinajstić information content (AvgIpc) is 2.84. The van der Waals surface area contributed by atoms with Gasteiger partial charge >= 0.3 is 5.69 Å². The molecule has 0 aliphatic heterocycles. The van der Waals surface area contributed by atoms with Crippen LogP contribution in [0, 0.1) is 6.92 Å². The Kier molecular flexibility index (Phi) is 4.42. The van der Waals surface area contributed by atoms with Crippen molar-refractivity contribution in [2.75, 3.05) is 0 Å². The Bertz CT molecular complexity index is 741. The third kappa shape index (κ3) is 3.49. The van der Waals surface area contributed by atoms with Crippen LogP contribution >= 0.6 is 0 Å². The molecule has 0 unspecified atom stereocenters. The number of rotatable bonds is 5. The number of nitrogens with zero attached hydrogens (tertiary/aromatic N) is 4. The van der Waals surface area contributed by atoms with Crippen LogP contribution in [0.1, 0.15) is 18.2 Å². The molecule has 2 aromatic heterocycles. The first-order chi connectivity index (χ1) is 9.88. The topological polar surface area (TPSA) is 73.8 Å². The van der Waals surface area contributed by atoms with E-state index in [1.807, 2.05) is 30.9 Å². The zero-order valence-electron chi connectivity index (χ0n) is 12.8. The summed E-state index contributed by atoms with van der Waals surface area (Å²) in [5.41, 5.74) is 1.20. The Morgan fingerprint density at radius 2 is 2.00 bits per heavy atom. The molecule has 0 bridgehead atoms. The number of hydrogen-bond acceptors (Lipinski definition) is 4. The highest BCUT2D eigenvalue weighted by molar-refractivity contribution is 5.02. The molecule has 0 amide bonds. The number of nitrogens with one attached hydrogen (secondary N) is 1. The first-order valence-corrected chi connectivity index (χ1v) is 6.87. The summed E-state index contributed by atoms with van der Waals surface area (Å²) >= 11 is 0. The minimum Gasteiger partial charge on any atom is -0.307 e. The Morgan fingerprint density at radius 3 is 2.62 bits per heavy atom. The van der Waals surface area contributed by atoms with Gasteiger partial charge in [0.15, 0.2) is 0 Å². The van der Waals surface area contributed by atoms with Gasteiger partial charge in [-0.1, -0.05) is 0 Å². The molecule has 0 spiro atoms. The van der Waals surface area contributed by atoms with Gasteiger partial charge in [0.1, 0.15) is 0 Å². The molecule has 0 radical (unpaired) electrons. The zero-order chi connectivity index (χ0) is 15.6. The summed E-state index contributed by atoms with van der Waals surface area (Å²) in [6.45, 7) is 5.23. The summed E-state index contributed by atoms with van der Waals surface area (Å²) in [7, 11) is 3.14. The SMILES string of the molecule is Cc1cnn(C[C@@H](C)NCc2cc(=O)n(C)c(=O)n2C)c1. The van der Waals surface area contributed by atoms with Crippen LogP contribution in [-0.2, 0) is 27.2 Å². The van der Waals surface area contributed by atoms with Crippen molar-refractivity contribution >= 4 is 0 Å². The van der Waals surface area contributed by atoms with Gasteiger partial charge < -0.3 is 5.32 Å². The van der Waals surface area contributed by atoms with E-state index in [2.05, 4.69) is 10.4 Å². The largest absolute Gasteiger partial charge is 0.330 e. The third-order valence-corrected chi connectivity index (χ3v) is 3.48. The van der Waals surface area contributed by atoms with Gasteiger partial charge in [0.25, 0.3) is 5.56 Å². The van der Waals surface area contributed by atoms with Gasteiger partial charge in [-0.15, -0.1) is 0 Å². The summed E-state index contributed by atoms with van der Waals surface area (Å²) in [4.78, 5) is 23.5. The van der Waals surface area contributed by atoms with E-state index in [0.717, 1.165) is 16.7 Å². The molecule has 0 aliphatic carbocycles. The summed E-state index contributed by atoms with van der Waals surface area (Å²) < 4.78 is 4.45. The van der Waals surface area contributed by atoms with Crippen molar-refractivity contribution in [3.63, 3.8) is 0 Å². The molecule has 21 heavy (non-hydrogen) atoms. The molecule has 2 rings (SSSR count). The van der Waals surface area contributed by atoms with Crippen LogP contribution in [0.4, 0.5) is 0 Å². The van der Waals surface area contributed by atoms with Crippen molar-refractivity contribution in [2.45, 2.75) is 33.0 Å². The lowest BCUT2D eigenvalue weighted by Gasteiger charge is -2.15. The third-order valence-electron chi connectivity index (χ3n) is 3.48. The Morgan fingerprint density at radius 1 is 1.29 bits per heavy atom. The standard InChI is InChI=1S/C14H21N5O2/c1-10-6-16-19(8-10)9-11(2)15-7-12-5-13(20)18(4)14(21)17(12)3/h5-6,8,11,15H,7,9H2,1-4H3/t11-/m1/s1. The molecule has 114 valence electrons. The van der Waals surface area contributed by atoms with Crippen molar-refractivity contribution in [3.05, 3.63) is 50.6 Å². The van der Waals surface area contributed by atoms with E-state index in [9.17, 15) is 9.59 Å². The van der Waals surface area contributed by atoms with Crippen molar-refractivity contribution < 1.29 is 0 Å². The van der Waals surface area contributed by atoms with E-state index in [0.29, 0.717) is 12.2 Å². The highest BCUT2D eigenvalue weighted by atomic mass is 16.2. The highest BCUT2D eigenvalue weighted by Gasteiger charge is 2.08. The molecule has 2 aromatic rings. The fourth-order valence-corrected chi connectivity index (χ4v) is 2.14. The maximum absolute atomic E-state index is 11.8. The smallest absolute Gasteiger partial charge is 0.307 e. The maximum atomic E-state index is 11.8. The zero-order valence-corrected chi connectivity index (χ0v) is 12.8. The molecule has 0 saturated carbocycles. The van der Waals surface area contributed by atoms with Crippen LogP contribution in [0.5, 0.6) is 0 Å². The van der Waals surface area contributed by atoms with Crippen LogP contribution in [0.3, 0.4) is 0 Å². The fraction of sp³-hybridized carbons (Fsp3) is 0.500. The Balaban J connectivity index is 2.03. The van der Waals surface area contributed by atoms with E-state index in [4.69, 9.17) is 0 Å². The normalized spacial score (nSPS) is 12.6. The number of aryl methyl sites for hydroxylation is 1. The van der Waals surface area contributed by atoms with Gasteiger partial charge in [0.05, 0.1) is 12.7 Å². The molecule has 7 heteroatoms. The van der Waals surface area contributed by atoms with Gasteiger partial charge in [0, 0.05) is 44.6 Å². The summed E-state index contributed by atoms with van der Waals surface area (Å²) in [5.74, 6) is 0. The second-order valence-corrected chi connectivity index (χ2v) is 5.40. The molecule has 0 fully saturated rings. The van der Waals surface area contributed by atoms with Crippen molar-refractivity contribution in [2.24, 2.45) is 14.1 Å². The lowest BCUT2D eigenvalue weighted by molar-refractivity contribution is 0.442. The van der Waals surface area contributed by atoms with E-state index in [-0.39, 0.29) is 17.3 Å². The second-order valence-electron chi connectivity index (χ2n) is 5.40. The first-order valence-electron chi connectivity index (χ1n) is 6.87. The Labute approximate surface area is 122 Å². The van der Waals surface area contributed by atoms with E-state index in [1.165, 1.54) is 17.7 Å². The van der Waals surface area contributed by atoms with Crippen LogP contribution in [0.25, 0.3) is 0 Å². The number of hydrogen-bond donors (Lipinski definition) is 1. The monoisotopic (exact) mass is 291 g/mol. The van der Waals surface area contributed by atoms with Crippen molar-refractivity contribution in [1.29, 1.82) is 0 Å². The fourth-order valence-electron chi connectivity index (χ4n) is 2.14. The first kappa shape index (κ1) is 15.2. The van der Waals surface area contributed by atoms with Crippen LogP contribution in [0.15, 0.2) is 28.0 Å². The van der Waals surface area contributed by atoms with Gasteiger partial charge in [-0.3, -0.25) is 18.6 Å². The van der Waals surface area contributed by atoms with Gasteiger partial charge in [-0.25, -0.2) is 4.79 Å². The summed E-state index contributed by atoms with van der Waals surface area (Å²) in [5, 5.41) is 7.54. The predicted molar refractivity (Wildman–Crippen MR) is 80.2 cm³/mol. The lowest BCUT2D eigenvalue weighted by Crippen LogP contribution is -2.40. The van der Waals surface area contributed by atoms with E-state index < -0.39 is 0 Å². The Hall–Kier alpha value is -2.15. The molecule has 7 nitrogen and oxygen atoms in total. The molecule has 0 aromatic carbocycles. The predicted octanol–water partition coefficient (Wildman–Crippen LogP) is -0.233. The van der Waals surface area contributed by atoms with E-state index in [1.54, 1.807) is 7.05 Å². The summed E-state index contributed by atoms with van der Waals surface area (Å²) in [6.07, 6.45) is 3.80. The minimum atomic E-state index is -0.311. The van der Waals surface area contributed by atoms with Crippen LogP contribution in [-0.4, -0.2) is 25.0 Å². The molecular formula is C14H21N5O2. The minimum absolute atomic E-state index is 0.170. The van der Waals surface area contributed by atoms with Crippen molar-refractivity contribution in [1.82, 2.24) is 24.2 Å². The van der Waals surface area contributed by atoms with Crippen molar-refractivity contribution in [3.8, 4) is 0 Å². The van der Waals surface area contributed by atoms with Crippen LogP contribution < -0.4 is 16.6 Å². The molecule has 2 heterocycles. The van der Waals surface area contributed by atoms with E-state index >= 15 is 0 Å². The molecular weight excluding hydrogens is 270 g/mol.